The second-order valence-corrected chi connectivity index (χ2v) is 9.26. The number of amides is 1. The van der Waals surface area contributed by atoms with Crippen molar-refractivity contribution in [3.63, 3.8) is 0 Å². The van der Waals surface area contributed by atoms with Gasteiger partial charge in [0.25, 0.3) is 5.91 Å². The lowest BCUT2D eigenvalue weighted by atomic mass is 9.91. The number of rotatable bonds is 7. The topological polar surface area (TPSA) is 99.2 Å². The largest absolute Gasteiger partial charge is 0.364 e. The Labute approximate surface area is 187 Å². The van der Waals surface area contributed by atoms with Gasteiger partial charge >= 0.3 is 0 Å². The van der Waals surface area contributed by atoms with Crippen LogP contribution in [0.4, 0.5) is 5.95 Å². The zero-order valence-corrected chi connectivity index (χ0v) is 18.5. The van der Waals surface area contributed by atoms with E-state index in [9.17, 15) is 9.90 Å². The Kier molecular flexibility index (Phi) is 7.21. The SMILES string of the molecule is Cc1ccc(CCN[C@H]2CC[C@H](Nc3nccc(/C=C4\SC(O)NC4=O)n3)CC2)cc1. The summed E-state index contributed by atoms with van der Waals surface area (Å²) in [4.78, 5) is 21.1. The minimum atomic E-state index is -0.890. The summed E-state index contributed by atoms with van der Waals surface area (Å²) in [6, 6.07) is 11.4. The highest BCUT2D eigenvalue weighted by atomic mass is 32.2. The van der Waals surface area contributed by atoms with Crippen molar-refractivity contribution in [3.8, 4) is 0 Å². The molecule has 1 saturated carbocycles. The van der Waals surface area contributed by atoms with Crippen LogP contribution in [0.15, 0.2) is 41.4 Å². The first kappa shape index (κ1) is 21.8. The molecule has 1 saturated heterocycles. The Bertz CT molecular complexity index is 926. The lowest BCUT2D eigenvalue weighted by Crippen LogP contribution is -2.38. The maximum atomic E-state index is 11.8. The number of carbonyl (C=O) groups excluding carboxylic acids is 1. The molecule has 31 heavy (non-hydrogen) atoms. The van der Waals surface area contributed by atoms with Crippen molar-refractivity contribution in [1.29, 1.82) is 0 Å². The average molecular weight is 440 g/mol. The Morgan fingerprint density at radius 1 is 1.16 bits per heavy atom. The molecule has 2 fully saturated rings. The number of nitrogens with zero attached hydrogens (tertiary/aromatic N) is 2. The first-order valence-electron chi connectivity index (χ1n) is 10.8. The second kappa shape index (κ2) is 10.3. The first-order chi connectivity index (χ1) is 15.0. The van der Waals surface area contributed by atoms with E-state index in [-0.39, 0.29) is 5.91 Å². The van der Waals surface area contributed by atoms with Gasteiger partial charge in [-0.1, -0.05) is 41.6 Å². The highest BCUT2D eigenvalue weighted by Gasteiger charge is 2.25. The number of thioether (sulfide) groups is 1. The van der Waals surface area contributed by atoms with Gasteiger partial charge in [-0.3, -0.25) is 4.79 Å². The summed E-state index contributed by atoms with van der Waals surface area (Å²) in [5, 5.41) is 19.1. The summed E-state index contributed by atoms with van der Waals surface area (Å²) < 4.78 is 0. The van der Waals surface area contributed by atoms with Crippen LogP contribution in [0.2, 0.25) is 0 Å². The fourth-order valence-corrected chi connectivity index (χ4v) is 4.70. The highest BCUT2D eigenvalue weighted by molar-refractivity contribution is 8.05. The van der Waals surface area contributed by atoms with Crippen LogP contribution in [0.1, 0.15) is 42.5 Å². The quantitative estimate of drug-likeness (QED) is 0.492. The van der Waals surface area contributed by atoms with Crippen LogP contribution in [-0.4, -0.2) is 45.2 Å². The van der Waals surface area contributed by atoms with E-state index in [1.807, 2.05) is 0 Å². The van der Waals surface area contributed by atoms with E-state index < -0.39 is 5.56 Å². The minimum Gasteiger partial charge on any atom is -0.364 e. The molecule has 8 heteroatoms. The van der Waals surface area contributed by atoms with Crippen LogP contribution in [0, 0.1) is 6.92 Å². The smallest absolute Gasteiger partial charge is 0.260 e. The third kappa shape index (κ3) is 6.29. The maximum absolute atomic E-state index is 11.8. The summed E-state index contributed by atoms with van der Waals surface area (Å²) in [6.45, 7) is 3.12. The molecule has 1 aliphatic carbocycles. The average Bonchev–Trinajstić information content (AvgIpc) is 3.07. The summed E-state index contributed by atoms with van der Waals surface area (Å²) in [6.07, 6.45) is 8.82. The minimum absolute atomic E-state index is 0.279. The lowest BCUT2D eigenvalue weighted by Gasteiger charge is -2.29. The Balaban J connectivity index is 1.22. The van der Waals surface area contributed by atoms with Crippen molar-refractivity contribution in [2.75, 3.05) is 11.9 Å². The van der Waals surface area contributed by atoms with Gasteiger partial charge in [-0.05, 0) is 63.3 Å². The number of aryl methyl sites for hydroxylation is 1. The molecular weight excluding hydrogens is 410 g/mol. The van der Waals surface area contributed by atoms with E-state index in [4.69, 9.17) is 0 Å². The van der Waals surface area contributed by atoms with Crippen molar-refractivity contribution in [1.82, 2.24) is 20.6 Å². The molecule has 1 amide bonds. The standard InChI is InChI=1S/C23H29N5O2S/c1-15-2-4-16(5-3-15)10-12-24-17-6-8-18(9-7-17)26-22-25-13-11-19(27-22)14-20-21(29)28-23(30)31-20/h2-5,11,13-14,17-18,23-24,30H,6-10,12H2,1H3,(H,28,29)(H,25,26,27)/b20-14-/t17-,18-,23?. The van der Waals surface area contributed by atoms with E-state index >= 15 is 0 Å². The molecule has 2 aromatic rings. The van der Waals surface area contributed by atoms with Gasteiger partial charge in [-0.15, -0.1) is 0 Å². The number of anilines is 1. The van der Waals surface area contributed by atoms with Crippen molar-refractivity contribution in [3.05, 3.63) is 58.3 Å². The fourth-order valence-electron chi connectivity index (χ4n) is 3.94. The van der Waals surface area contributed by atoms with E-state index in [2.05, 4.69) is 57.1 Å². The number of benzene rings is 1. The molecule has 0 bridgehead atoms. The van der Waals surface area contributed by atoms with Gasteiger partial charge in [0, 0.05) is 18.3 Å². The molecule has 0 radical (unpaired) electrons. The monoisotopic (exact) mass is 439 g/mol. The highest BCUT2D eigenvalue weighted by Crippen LogP contribution is 2.27. The molecule has 4 N–H and O–H groups in total. The van der Waals surface area contributed by atoms with E-state index in [1.54, 1.807) is 18.3 Å². The predicted octanol–water partition coefficient (Wildman–Crippen LogP) is 2.82. The van der Waals surface area contributed by atoms with Gasteiger partial charge in [0.2, 0.25) is 5.95 Å². The van der Waals surface area contributed by atoms with Gasteiger partial charge in [0.1, 0.15) is 0 Å². The van der Waals surface area contributed by atoms with Crippen LogP contribution in [0.3, 0.4) is 0 Å². The number of hydrogen-bond donors (Lipinski definition) is 4. The molecule has 2 aliphatic rings. The van der Waals surface area contributed by atoms with Crippen LogP contribution in [-0.2, 0) is 11.2 Å². The van der Waals surface area contributed by atoms with Crippen LogP contribution >= 0.6 is 11.8 Å². The maximum Gasteiger partial charge on any atom is 0.260 e. The molecule has 164 valence electrons. The van der Waals surface area contributed by atoms with Crippen molar-refractivity contribution >= 4 is 29.7 Å². The summed E-state index contributed by atoms with van der Waals surface area (Å²) in [5.41, 5.74) is 2.44. The predicted molar refractivity (Wildman–Crippen MR) is 124 cm³/mol. The van der Waals surface area contributed by atoms with Crippen LogP contribution in [0.5, 0.6) is 0 Å². The Morgan fingerprint density at radius 2 is 1.90 bits per heavy atom. The first-order valence-corrected chi connectivity index (χ1v) is 11.7. The zero-order chi connectivity index (χ0) is 21.6. The number of aliphatic hydroxyl groups excluding tert-OH is 1. The molecule has 4 rings (SSSR count). The number of nitrogens with one attached hydrogen (secondary N) is 3. The molecular formula is C23H29N5O2S. The van der Waals surface area contributed by atoms with Crippen molar-refractivity contribution in [2.24, 2.45) is 0 Å². The number of aromatic nitrogens is 2. The Hall–Kier alpha value is -2.42. The number of carbonyl (C=O) groups is 1. The summed E-state index contributed by atoms with van der Waals surface area (Å²) in [5.74, 6) is 0.299. The van der Waals surface area contributed by atoms with E-state index in [0.29, 0.717) is 28.6 Å². The molecule has 1 aromatic carbocycles. The summed E-state index contributed by atoms with van der Waals surface area (Å²) >= 11 is 1.08. The third-order valence-electron chi connectivity index (χ3n) is 5.70. The number of aliphatic hydroxyl groups is 1. The molecule has 1 aliphatic heterocycles. The van der Waals surface area contributed by atoms with Gasteiger partial charge in [0.05, 0.1) is 10.6 Å². The molecule has 7 nitrogen and oxygen atoms in total. The van der Waals surface area contributed by atoms with Crippen LogP contribution < -0.4 is 16.0 Å². The van der Waals surface area contributed by atoms with Crippen molar-refractivity contribution < 1.29 is 9.90 Å². The van der Waals surface area contributed by atoms with Gasteiger partial charge in [-0.2, -0.15) is 0 Å². The molecule has 1 aromatic heterocycles. The molecule has 1 atom stereocenters. The van der Waals surface area contributed by atoms with E-state index in [1.165, 1.54) is 11.1 Å². The van der Waals surface area contributed by atoms with Gasteiger partial charge in [0.15, 0.2) is 5.56 Å². The third-order valence-corrected chi connectivity index (χ3v) is 6.60. The lowest BCUT2D eigenvalue weighted by molar-refractivity contribution is -0.117. The van der Waals surface area contributed by atoms with Gasteiger partial charge in [-0.25, -0.2) is 9.97 Å². The normalized spacial score (nSPS) is 24.9. The number of hydrogen-bond acceptors (Lipinski definition) is 7. The van der Waals surface area contributed by atoms with Crippen LogP contribution in [0.25, 0.3) is 6.08 Å². The molecule has 0 spiro atoms. The van der Waals surface area contributed by atoms with Crippen molar-refractivity contribution in [2.45, 2.75) is 56.7 Å². The summed E-state index contributed by atoms with van der Waals surface area (Å²) in [7, 11) is 0. The zero-order valence-electron chi connectivity index (χ0n) is 17.7. The molecule has 2 heterocycles. The van der Waals surface area contributed by atoms with Gasteiger partial charge < -0.3 is 21.1 Å². The van der Waals surface area contributed by atoms with E-state index in [0.717, 1.165) is 50.4 Å². The fraction of sp³-hybridized carbons (Fsp3) is 0.435. The Morgan fingerprint density at radius 3 is 2.61 bits per heavy atom. The molecule has 1 unspecified atom stereocenters. The second-order valence-electron chi connectivity index (χ2n) is 8.14.